The van der Waals surface area contributed by atoms with E-state index in [0.29, 0.717) is 18.0 Å². The highest BCUT2D eigenvalue weighted by Crippen LogP contribution is 2.32. The molecule has 0 radical (unpaired) electrons. The molecule has 2 N–H and O–H groups in total. The summed E-state index contributed by atoms with van der Waals surface area (Å²) in [5.41, 5.74) is 2.30. The van der Waals surface area contributed by atoms with Crippen molar-refractivity contribution in [1.82, 2.24) is 14.5 Å². The number of hydrogen-bond acceptors (Lipinski definition) is 5. The number of aryl methyl sites for hydroxylation is 1. The van der Waals surface area contributed by atoms with Crippen molar-refractivity contribution in [1.29, 1.82) is 0 Å². The number of benzene rings is 1. The monoisotopic (exact) mass is 452 g/mol. The Kier molecular flexibility index (Phi) is 6.29. The molecule has 9 heteroatoms. The van der Waals surface area contributed by atoms with Crippen LogP contribution >= 0.6 is 0 Å². The molecular weight excluding hydrogens is 419 g/mol. The first-order valence-corrected chi connectivity index (χ1v) is 13.0. The molecule has 4 rings (SSSR count). The molecule has 7 nitrogen and oxygen atoms in total. The Balaban J connectivity index is 1.32. The minimum absolute atomic E-state index is 0.0179. The molecule has 0 aromatic heterocycles. The van der Waals surface area contributed by atoms with Crippen molar-refractivity contribution in [3.05, 3.63) is 29.1 Å². The number of likely N-dealkylation sites (tertiary alicyclic amines) is 1. The van der Waals surface area contributed by atoms with E-state index in [-0.39, 0.29) is 23.8 Å². The largest absolute Gasteiger partial charge is 0.373 e. The van der Waals surface area contributed by atoms with Crippen LogP contribution in [0.4, 0.5) is 10.1 Å². The highest BCUT2D eigenvalue weighted by molar-refractivity contribution is 7.88. The van der Waals surface area contributed by atoms with Crippen molar-refractivity contribution in [2.24, 2.45) is 0 Å². The molecule has 2 aliphatic heterocycles. The van der Waals surface area contributed by atoms with Gasteiger partial charge in [0.25, 0.3) is 0 Å². The van der Waals surface area contributed by atoms with E-state index < -0.39 is 16.1 Å². The van der Waals surface area contributed by atoms with Crippen LogP contribution in [0.1, 0.15) is 43.2 Å². The Morgan fingerprint density at radius 1 is 1.29 bits per heavy atom. The van der Waals surface area contributed by atoms with Gasteiger partial charge in [0.2, 0.25) is 15.9 Å². The second-order valence-corrected chi connectivity index (χ2v) is 11.4. The van der Waals surface area contributed by atoms with Crippen LogP contribution in [0.25, 0.3) is 0 Å². The zero-order valence-corrected chi connectivity index (χ0v) is 19.3. The van der Waals surface area contributed by atoms with E-state index in [1.54, 1.807) is 13.1 Å². The summed E-state index contributed by atoms with van der Waals surface area (Å²) in [6.45, 7) is 3.54. The van der Waals surface area contributed by atoms with Gasteiger partial charge < -0.3 is 10.6 Å². The van der Waals surface area contributed by atoms with E-state index in [0.717, 1.165) is 56.4 Å². The number of sulfonamides is 1. The van der Waals surface area contributed by atoms with Gasteiger partial charge in [0.1, 0.15) is 11.9 Å². The van der Waals surface area contributed by atoms with Crippen molar-refractivity contribution < 1.29 is 17.6 Å². The Hall–Kier alpha value is -1.71. The van der Waals surface area contributed by atoms with E-state index >= 15 is 0 Å². The fourth-order valence-corrected chi connectivity index (χ4v) is 6.04. The standard InChI is InChI=1S/C22H33FN4O3S/c1-14-7-8-19(23)18-12-20(25-21(14)18)22(28)24-15-5-4-6-16(11-15)27-10-9-17(13-27)26(2)31(3,29)30/h7-8,15-17,20,25H,4-6,9-13H2,1-3H3,(H,24,28)/t15-,16?,17-,20?/m1/s1. The third kappa shape index (κ3) is 4.73. The van der Waals surface area contributed by atoms with Crippen molar-refractivity contribution in [3.63, 3.8) is 0 Å². The summed E-state index contributed by atoms with van der Waals surface area (Å²) in [5, 5.41) is 6.40. The number of nitrogens with zero attached hydrogens (tertiary/aromatic N) is 2. The first-order valence-electron chi connectivity index (χ1n) is 11.2. The molecule has 1 aliphatic carbocycles. The molecule has 1 aromatic rings. The van der Waals surface area contributed by atoms with Crippen molar-refractivity contribution in [3.8, 4) is 0 Å². The van der Waals surface area contributed by atoms with Crippen molar-refractivity contribution >= 4 is 21.6 Å². The molecule has 1 aromatic carbocycles. The maximum absolute atomic E-state index is 14.1. The first kappa shape index (κ1) is 22.5. The van der Waals surface area contributed by atoms with Gasteiger partial charge >= 0.3 is 0 Å². The van der Waals surface area contributed by atoms with Crippen molar-refractivity contribution in [2.75, 3.05) is 31.7 Å². The molecule has 1 saturated heterocycles. The van der Waals surface area contributed by atoms with Crippen LogP contribution in [0.3, 0.4) is 0 Å². The van der Waals surface area contributed by atoms with Crippen LogP contribution in [0, 0.1) is 12.7 Å². The number of halogens is 1. The molecule has 2 fully saturated rings. The average Bonchev–Trinajstić information content (AvgIpc) is 3.38. The summed E-state index contributed by atoms with van der Waals surface area (Å²) in [6.07, 6.45) is 6.38. The third-order valence-corrected chi connectivity index (χ3v) is 8.59. The lowest BCUT2D eigenvalue weighted by molar-refractivity contribution is -0.122. The number of fused-ring (bicyclic) bond motifs is 1. The molecule has 4 atom stereocenters. The second kappa shape index (κ2) is 8.67. The summed E-state index contributed by atoms with van der Waals surface area (Å²) >= 11 is 0. The summed E-state index contributed by atoms with van der Waals surface area (Å²) in [6, 6.07) is 3.22. The Bertz CT molecular complexity index is 923. The summed E-state index contributed by atoms with van der Waals surface area (Å²) in [7, 11) is -1.53. The summed E-state index contributed by atoms with van der Waals surface area (Å²) in [4.78, 5) is 15.3. The van der Waals surface area contributed by atoms with E-state index in [4.69, 9.17) is 0 Å². The second-order valence-electron chi connectivity index (χ2n) is 9.36. The van der Waals surface area contributed by atoms with Crippen LogP contribution in [-0.2, 0) is 21.2 Å². The number of carbonyl (C=O) groups is 1. The van der Waals surface area contributed by atoms with E-state index in [1.165, 1.54) is 16.6 Å². The highest BCUT2D eigenvalue weighted by Gasteiger charge is 2.37. The molecule has 2 heterocycles. The lowest BCUT2D eigenvalue weighted by atomic mass is 9.90. The number of nitrogens with one attached hydrogen (secondary N) is 2. The molecule has 2 unspecified atom stereocenters. The molecule has 1 amide bonds. The molecule has 0 bridgehead atoms. The molecule has 1 saturated carbocycles. The van der Waals surface area contributed by atoms with Gasteiger partial charge in [-0.25, -0.2) is 17.1 Å². The minimum Gasteiger partial charge on any atom is -0.373 e. The number of anilines is 1. The SMILES string of the molecule is Cc1ccc(F)c2c1NC(C(=O)N[C@@H]1CCCC(N3CC[C@@H](N(C)S(C)(=O)=O)C3)C1)C2. The van der Waals surface area contributed by atoms with Gasteiger partial charge in [0.05, 0.1) is 6.26 Å². The number of hydrogen-bond donors (Lipinski definition) is 2. The molecule has 172 valence electrons. The first-order chi connectivity index (χ1) is 14.6. The third-order valence-electron chi connectivity index (χ3n) is 7.25. The number of amides is 1. The van der Waals surface area contributed by atoms with E-state index in [2.05, 4.69) is 15.5 Å². The fourth-order valence-electron chi connectivity index (χ4n) is 5.32. The van der Waals surface area contributed by atoms with Gasteiger partial charge in [-0.2, -0.15) is 0 Å². The van der Waals surface area contributed by atoms with E-state index in [1.807, 2.05) is 6.92 Å². The molecule has 0 spiro atoms. The van der Waals surface area contributed by atoms with E-state index in [9.17, 15) is 17.6 Å². The van der Waals surface area contributed by atoms with Gasteiger partial charge in [-0.15, -0.1) is 0 Å². The van der Waals surface area contributed by atoms with Crippen LogP contribution in [0.2, 0.25) is 0 Å². The highest BCUT2D eigenvalue weighted by atomic mass is 32.2. The lowest BCUT2D eigenvalue weighted by Gasteiger charge is -2.36. The fraction of sp³-hybridized carbons (Fsp3) is 0.682. The number of carbonyl (C=O) groups excluding carboxylic acids is 1. The lowest BCUT2D eigenvalue weighted by Crippen LogP contribution is -2.49. The molecular formula is C22H33FN4O3S. The summed E-state index contributed by atoms with van der Waals surface area (Å²) < 4.78 is 39.3. The molecule has 31 heavy (non-hydrogen) atoms. The van der Waals surface area contributed by atoms with Crippen LogP contribution in [-0.4, -0.2) is 74.1 Å². The maximum atomic E-state index is 14.1. The minimum atomic E-state index is -3.19. The van der Waals surface area contributed by atoms with Gasteiger partial charge in [0.15, 0.2) is 0 Å². The van der Waals surface area contributed by atoms with Crippen LogP contribution in [0.5, 0.6) is 0 Å². The Labute approximate surface area is 184 Å². The van der Waals surface area contributed by atoms with Crippen LogP contribution < -0.4 is 10.6 Å². The number of rotatable bonds is 5. The average molecular weight is 453 g/mol. The smallest absolute Gasteiger partial charge is 0.243 e. The van der Waals surface area contributed by atoms with Gasteiger partial charge in [-0.3, -0.25) is 9.69 Å². The predicted octanol–water partition coefficient (Wildman–Crippen LogP) is 1.86. The zero-order valence-electron chi connectivity index (χ0n) is 18.5. The van der Waals surface area contributed by atoms with Gasteiger partial charge in [-0.1, -0.05) is 6.07 Å². The predicted molar refractivity (Wildman–Crippen MR) is 119 cm³/mol. The van der Waals surface area contributed by atoms with Gasteiger partial charge in [-0.05, 0) is 50.7 Å². The number of likely N-dealkylation sites (N-methyl/N-ethyl adjacent to an activating group) is 1. The normalized spacial score (nSPS) is 29.1. The zero-order chi connectivity index (χ0) is 22.3. The maximum Gasteiger partial charge on any atom is 0.243 e. The Morgan fingerprint density at radius 2 is 2.06 bits per heavy atom. The quantitative estimate of drug-likeness (QED) is 0.713. The topological polar surface area (TPSA) is 81.8 Å². The van der Waals surface area contributed by atoms with Crippen molar-refractivity contribution in [2.45, 2.75) is 69.6 Å². The van der Waals surface area contributed by atoms with Gasteiger partial charge in [0, 0.05) is 55.9 Å². The molecule has 3 aliphatic rings. The van der Waals surface area contributed by atoms with Crippen LogP contribution in [0.15, 0.2) is 12.1 Å². The Morgan fingerprint density at radius 3 is 2.77 bits per heavy atom. The summed E-state index contributed by atoms with van der Waals surface area (Å²) in [5.74, 6) is -0.333.